The van der Waals surface area contributed by atoms with Gasteiger partial charge in [0.2, 0.25) is 0 Å². The fourth-order valence-electron chi connectivity index (χ4n) is 2.89. The molecule has 1 aliphatic carbocycles. The van der Waals surface area contributed by atoms with E-state index in [1.54, 1.807) is 0 Å². The highest BCUT2D eigenvalue weighted by atomic mass is 19.4. The summed E-state index contributed by atoms with van der Waals surface area (Å²) in [6, 6.07) is 1.59. The van der Waals surface area contributed by atoms with E-state index in [4.69, 9.17) is 5.73 Å². The molecule has 1 aromatic rings. The van der Waals surface area contributed by atoms with Crippen molar-refractivity contribution in [3.05, 3.63) is 23.3 Å². The number of rotatable bonds is 2. The number of benzene rings is 1. The van der Waals surface area contributed by atoms with Crippen molar-refractivity contribution in [1.29, 1.82) is 0 Å². The molecule has 1 aromatic carbocycles. The highest BCUT2D eigenvalue weighted by Crippen LogP contribution is 2.48. The summed E-state index contributed by atoms with van der Waals surface area (Å²) in [6.07, 6.45) is -1.81. The number of hydrogen-bond donors (Lipinski definition) is 3. The third-order valence-corrected chi connectivity index (χ3v) is 3.94. The molecule has 0 unspecified atom stereocenters. The maximum absolute atomic E-state index is 13.1. The Kier molecular flexibility index (Phi) is 3.38. The van der Waals surface area contributed by atoms with Gasteiger partial charge in [-0.15, -0.1) is 0 Å². The number of alkyl halides is 3. The van der Waals surface area contributed by atoms with Gasteiger partial charge >= 0.3 is 6.18 Å². The Morgan fingerprint density at radius 3 is 2.11 bits per heavy atom. The van der Waals surface area contributed by atoms with Gasteiger partial charge in [0.1, 0.15) is 0 Å². The topological polar surface area (TPSA) is 66.5 Å². The van der Waals surface area contributed by atoms with Gasteiger partial charge in [-0.1, -0.05) is 12.8 Å². The molecule has 0 radical (unpaired) electrons. The predicted molar refractivity (Wildman–Crippen MR) is 64.0 cm³/mol. The third-order valence-electron chi connectivity index (χ3n) is 3.94. The first-order valence-corrected chi connectivity index (χ1v) is 6.14. The molecule has 0 bridgehead atoms. The van der Waals surface area contributed by atoms with Crippen LogP contribution in [0.4, 0.5) is 13.2 Å². The molecule has 3 nitrogen and oxygen atoms in total. The zero-order chi connectivity index (χ0) is 14.3. The molecule has 19 heavy (non-hydrogen) atoms. The van der Waals surface area contributed by atoms with Crippen LogP contribution in [-0.2, 0) is 11.6 Å². The monoisotopic (exact) mass is 275 g/mol. The van der Waals surface area contributed by atoms with Crippen LogP contribution >= 0.6 is 0 Å². The Balaban J connectivity index is 2.64. The summed E-state index contributed by atoms with van der Waals surface area (Å²) in [5.74, 6) is -1.30. The van der Waals surface area contributed by atoms with Crippen molar-refractivity contribution >= 4 is 0 Å². The Bertz CT molecular complexity index is 480. The predicted octanol–water partition coefficient (Wildman–Crippen LogP) is 2.89. The number of halogens is 3. The lowest BCUT2D eigenvalue weighted by Crippen LogP contribution is -2.34. The van der Waals surface area contributed by atoms with Crippen molar-refractivity contribution in [2.24, 2.45) is 5.73 Å². The first-order chi connectivity index (χ1) is 8.80. The SMILES string of the molecule is NCC1(c2cc(O)c(O)cc2C(F)(F)F)CCCC1. The fourth-order valence-corrected chi connectivity index (χ4v) is 2.89. The lowest BCUT2D eigenvalue weighted by atomic mass is 9.76. The summed E-state index contributed by atoms with van der Waals surface area (Å²) < 4.78 is 39.3. The molecule has 1 saturated carbocycles. The van der Waals surface area contributed by atoms with E-state index < -0.39 is 28.7 Å². The normalized spacial score (nSPS) is 18.7. The van der Waals surface area contributed by atoms with Gasteiger partial charge in [-0.05, 0) is 30.5 Å². The molecule has 1 fully saturated rings. The lowest BCUT2D eigenvalue weighted by Gasteiger charge is -2.31. The summed E-state index contributed by atoms with van der Waals surface area (Å²) in [5.41, 5.74) is 4.02. The highest BCUT2D eigenvalue weighted by Gasteiger charge is 2.43. The Labute approximate surface area is 108 Å². The van der Waals surface area contributed by atoms with Crippen LogP contribution in [-0.4, -0.2) is 16.8 Å². The van der Waals surface area contributed by atoms with Crippen molar-refractivity contribution in [3.8, 4) is 11.5 Å². The molecule has 0 spiro atoms. The van der Waals surface area contributed by atoms with Gasteiger partial charge in [0.15, 0.2) is 11.5 Å². The van der Waals surface area contributed by atoms with Crippen LogP contribution in [0.25, 0.3) is 0 Å². The quantitative estimate of drug-likeness (QED) is 0.727. The first kappa shape index (κ1) is 14.0. The summed E-state index contributed by atoms with van der Waals surface area (Å²) >= 11 is 0. The zero-order valence-corrected chi connectivity index (χ0v) is 10.3. The molecule has 4 N–H and O–H groups in total. The van der Waals surface area contributed by atoms with Crippen molar-refractivity contribution in [1.82, 2.24) is 0 Å². The molecule has 0 atom stereocenters. The number of hydrogen-bond acceptors (Lipinski definition) is 3. The summed E-state index contributed by atoms with van der Waals surface area (Å²) in [7, 11) is 0. The van der Waals surface area contributed by atoms with E-state index in [1.165, 1.54) is 0 Å². The van der Waals surface area contributed by atoms with Crippen molar-refractivity contribution < 1.29 is 23.4 Å². The molecule has 2 rings (SSSR count). The van der Waals surface area contributed by atoms with E-state index >= 15 is 0 Å². The van der Waals surface area contributed by atoms with Gasteiger partial charge < -0.3 is 15.9 Å². The molecule has 106 valence electrons. The molecule has 0 aliphatic heterocycles. The second-order valence-corrected chi connectivity index (χ2v) is 5.08. The van der Waals surface area contributed by atoms with Gasteiger partial charge in [0, 0.05) is 12.0 Å². The van der Waals surface area contributed by atoms with Crippen LogP contribution in [0, 0.1) is 0 Å². The molecule has 0 heterocycles. The van der Waals surface area contributed by atoms with Crippen LogP contribution in [0.3, 0.4) is 0 Å². The standard InChI is InChI=1S/C13H16F3NO2/c14-13(15,16)9-6-11(19)10(18)5-8(9)12(7-17)3-1-2-4-12/h5-6,18-19H,1-4,7,17H2. The minimum Gasteiger partial charge on any atom is -0.504 e. The number of phenolic OH excluding ortho intramolecular Hbond substituents is 2. The van der Waals surface area contributed by atoms with Crippen LogP contribution in [0.1, 0.15) is 36.8 Å². The van der Waals surface area contributed by atoms with E-state index in [9.17, 15) is 23.4 Å². The van der Waals surface area contributed by atoms with E-state index in [1.807, 2.05) is 0 Å². The second-order valence-electron chi connectivity index (χ2n) is 5.08. The fraction of sp³-hybridized carbons (Fsp3) is 0.538. The molecule has 0 aromatic heterocycles. The van der Waals surface area contributed by atoms with E-state index in [0.717, 1.165) is 18.9 Å². The van der Waals surface area contributed by atoms with Crippen LogP contribution in [0.15, 0.2) is 12.1 Å². The molecule has 6 heteroatoms. The van der Waals surface area contributed by atoms with E-state index in [0.29, 0.717) is 18.9 Å². The smallest absolute Gasteiger partial charge is 0.416 e. The Morgan fingerprint density at radius 1 is 1.11 bits per heavy atom. The summed E-state index contributed by atoms with van der Waals surface area (Å²) in [5, 5.41) is 18.8. The largest absolute Gasteiger partial charge is 0.504 e. The summed E-state index contributed by atoms with van der Waals surface area (Å²) in [4.78, 5) is 0. The maximum Gasteiger partial charge on any atom is 0.416 e. The average molecular weight is 275 g/mol. The number of phenols is 2. The van der Waals surface area contributed by atoms with Crippen LogP contribution in [0.5, 0.6) is 11.5 Å². The Hall–Kier alpha value is -1.43. The number of nitrogens with two attached hydrogens (primary N) is 1. The molecule has 1 aliphatic rings. The van der Waals surface area contributed by atoms with E-state index in [2.05, 4.69) is 0 Å². The van der Waals surface area contributed by atoms with Crippen molar-refractivity contribution in [2.75, 3.05) is 6.54 Å². The summed E-state index contributed by atoms with van der Waals surface area (Å²) in [6.45, 7) is 0.0975. The minimum atomic E-state index is -4.58. The van der Waals surface area contributed by atoms with Gasteiger partial charge in [-0.25, -0.2) is 0 Å². The molecule has 0 saturated heterocycles. The molecule has 0 amide bonds. The highest BCUT2D eigenvalue weighted by molar-refractivity contribution is 5.50. The Morgan fingerprint density at radius 2 is 1.63 bits per heavy atom. The maximum atomic E-state index is 13.1. The van der Waals surface area contributed by atoms with Gasteiger partial charge in [-0.3, -0.25) is 0 Å². The second kappa shape index (κ2) is 4.59. The minimum absolute atomic E-state index is 0.00435. The van der Waals surface area contributed by atoms with Gasteiger partial charge in [-0.2, -0.15) is 13.2 Å². The number of aromatic hydroxyl groups is 2. The van der Waals surface area contributed by atoms with Gasteiger partial charge in [0.25, 0.3) is 0 Å². The van der Waals surface area contributed by atoms with Crippen molar-refractivity contribution in [3.63, 3.8) is 0 Å². The van der Waals surface area contributed by atoms with Gasteiger partial charge in [0.05, 0.1) is 5.56 Å². The van der Waals surface area contributed by atoms with E-state index in [-0.39, 0.29) is 12.1 Å². The van der Waals surface area contributed by atoms with Crippen LogP contribution < -0.4 is 5.73 Å². The molecular weight excluding hydrogens is 259 g/mol. The van der Waals surface area contributed by atoms with Crippen molar-refractivity contribution in [2.45, 2.75) is 37.3 Å². The average Bonchev–Trinajstić information content (AvgIpc) is 2.80. The van der Waals surface area contributed by atoms with Crippen LogP contribution in [0.2, 0.25) is 0 Å². The first-order valence-electron chi connectivity index (χ1n) is 6.14. The third kappa shape index (κ3) is 2.36. The lowest BCUT2D eigenvalue weighted by molar-refractivity contribution is -0.138. The zero-order valence-electron chi connectivity index (χ0n) is 10.3. The molecular formula is C13H16F3NO2.